The molecular weight excluding hydrogens is 290 g/mol. The number of H-pyrrole nitrogens is 1. The lowest BCUT2D eigenvalue weighted by atomic mass is 10.1. The van der Waals surface area contributed by atoms with Crippen molar-refractivity contribution in [3.63, 3.8) is 0 Å². The second-order valence-corrected chi connectivity index (χ2v) is 5.92. The number of fused-ring (bicyclic) bond motifs is 1. The molecule has 1 heterocycles. The van der Waals surface area contributed by atoms with Crippen molar-refractivity contribution in [1.29, 1.82) is 0 Å². The maximum atomic E-state index is 12.0. The van der Waals surface area contributed by atoms with E-state index in [4.69, 9.17) is 4.74 Å². The largest absolute Gasteiger partial charge is 0.492 e. The highest BCUT2D eigenvalue weighted by molar-refractivity contribution is 5.92. The molecule has 0 atom stereocenters. The second-order valence-electron chi connectivity index (χ2n) is 5.92. The topological polar surface area (TPSA) is 67.0 Å². The van der Waals surface area contributed by atoms with Gasteiger partial charge in [-0.2, -0.15) is 5.10 Å². The molecule has 3 rings (SSSR count). The summed E-state index contributed by atoms with van der Waals surface area (Å²) < 4.78 is 5.72. The molecule has 0 aliphatic heterocycles. The summed E-state index contributed by atoms with van der Waals surface area (Å²) in [5.41, 5.74) is 4.26. The van der Waals surface area contributed by atoms with Crippen molar-refractivity contribution in [2.45, 2.75) is 39.0 Å². The summed E-state index contributed by atoms with van der Waals surface area (Å²) in [5.74, 6) is 0.714. The van der Waals surface area contributed by atoms with Crippen molar-refractivity contribution in [2.75, 3.05) is 13.2 Å². The summed E-state index contributed by atoms with van der Waals surface area (Å²) in [5, 5.41) is 9.75. The molecule has 1 aromatic heterocycles. The Hall–Kier alpha value is -2.30. The number of carbonyl (C=O) groups is 1. The third kappa shape index (κ3) is 3.92. The van der Waals surface area contributed by atoms with Gasteiger partial charge in [-0.3, -0.25) is 9.89 Å². The van der Waals surface area contributed by atoms with Gasteiger partial charge in [0.15, 0.2) is 0 Å². The van der Waals surface area contributed by atoms with Crippen LogP contribution in [0.5, 0.6) is 5.75 Å². The van der Waals surface area contributed by atoms with Crippen molar-refractivity contribution in [3.05, 3.63) is 46.8 Å². The molecule has 2 N–H and O–H groups in total. The number of aromatic amines is 1. The molecule has 0 saturated carbocycles. The van der Waals surface area contributed by atoms with Gasteiger partial charge >= 0.3 is 0 Å². The van der Waals surface area contributed by atoms with Crippen LogP contribution in [-0.4, -0.2) is 29.3 Å². The maximum Gasteiger partial charge on any atom is 0.271 e. The molecule has 1 aliphatic rings. The summed E-state index contributed by atoms with van der Waals surface area (Å²) >= 11 is 0. The molecular formula is C18H23N3O2. The van der Waals surface area contributed by atoms with Gasteiger partial charge in [0, 0.05) is 5.69 Å². The molecule has 1 amide bonds. The van der Waals surface area contributed by atoms with E-state index in [0.717, 1.165) is 30.7 Å². The third-order valence-electron chi connectivity index (χ3n) is 4.11. The van der Waals surface area contributed by atoms with Crippen LogP contribution in [0.1, 0.15) is 47.1 Å². The van der Waals surface area contributed by atoms with Crippen LogP contribution in [0.25, 0.3) is 0 Å². The average Bonchev–Trinajstić information content (AvgIpc) is 3.20. The van der Waals surface area contributed by atoms with Gasteiger partial charge in [-0.15, -0.1) is 0 Å². The zero-order chi connectivity index (χ0) is 16.1. The monoisotopic (exact) mass is 313 g/mol. The van der Waals surface area contributed by atoms with Crippen molar-refractivity contribution in [2.24, 2.45) is 0 Å². The molecule has 0 fully saturated rings. The van der Waals surface area contributed by atoms with E-state index in [-0.39, 0.29) is 5.91 Å². The van der Waals surface area contributed by atoms with E-state index in [2.05, 4.69) is 34.6 Å². The second kappa shape index (κ2) is 7.31. The minimum atomic E-state index is -0.166. The van der Waals surface area contributed by atoms with Gasteiger partial charge in [-0.25, -0.2) is 0 Å². The number of aromatic nitrogens is 2. The SMILES string of the molecule is CCCc1cc(C(=O)NCCOc2ccc3c(c2)CCC3)n[nH]1. The Morgan fingerprint density at radius 1 is 1.30 bits per heavy atom. The standard InChI is InChI=1S/C18H23N3O2/c1-2-4-15-12-17(21-20-15)18(22)19-9-10-23-16-8-7-13-5-3-6-14(13)11-16/h7-8,11-12H,2-6,9-10H2,1H3,(H,19,22)(H,20,21). The Kier molecular flexibility index (Phi) is 4.95. The molecule has 2 aromatic rings. The van der Waals surface area contributed by atoms with Gasteiger partial charge in [-0.1, -0.05) is 19.4 Å². The summed E-state index contributed by atoms with van der Waals surface area (Å²) in [7, 11) is 0. The maximum absolute atomic E-state index is 12.0. The van der Waals surface area contributed by atoms with Crippen LogP contribution in [0.4, 0.5) is 0 Å². The Morgan fingerprint density at radius 3 is 3.04 bits per heavy atom. The first-order valence-electron chi connectivity index (χ1n) is 8.33. The van der Waals surface area contributed by atoms with E-state index in [1.807, 2.05) is 6.07 Å². The van der Waals surface area contributed by atoms with Crippen molar-refractivity contribution >= 4 is 5.91 Å². The molecule has 5 heteroatoms. The highest BCUT2D eigenvalue weighted by Crippen LogP contribution is 2.25. The van der Waals surface area contributed by atoms with E-state index >= 15 is 0 Å². The first kappa shape index (κ1) is 15.6. The quantitative estimate of drug-likeness (QED) is 0.772. The Bertz CT molecular complexity index is 679. The molecule has 0 spiro atoms. The molecule has 0 radical (unpaired) electrons. The van der Waals surface area contributed by atoms with Crippen LogP contribution >= 0.6 is 0 Å². The molecule has 122 valence electrons. The van der Waals surface area contributed by atoms with Crippen molar-refractivity contribution in [1.82, 2.24) is 15.5 Å². The van der Waals surface area contributed by atoms with Gasteiger partial charge in [0.1, 0.15) is 18.1 Å². The highest BCUT2D eigenvalue weighted by atomic mass is 16.5. The molecule has 1 aliphatic carbocycles. The minimum Gasteiger partial charge on any atom is -0.492 e. The first-order chi connectivity index (χ1) is 11.3. The number of hydrogen-bond donors (Lipinski definition) is 2. The van der Waals surface area contributed by atoms with E-state index in [1.165, 1.54) is 24.0 Å². The highest BCUT2D eigenvalue weighted by Gasteiger charge is 2.12. The average molecular weight is 313 g/mol. The Balaban J connectivity index is 1.43. The summed E-state index contributed by atoms with van der Waals surface area (Å²) in [6.45, 7) is 3.01. The van der Waals surface area contributed by atoms with Gasteiger partial charge < -0.3 is 10.1 Å². The fraction of sp³-hybridized carbons (Fsp3) is 0.444. The smallest absolute Gasteiger partial charge is 0.271 e. The number of hydrogen-bond acceptors (Lipinski definition) is 3. The Labute approximate surface area is 136 Å². The van der Waals surface area contributed by atoms with Gasteiger partial charge in [0.05, 0.1) is 6.54 Å². The van der Waals surface area contributed by atoms with Crippen molar-refractivity contribution in [3.8, 4) is 5.75 Å². The van der Waals surface area contributed by atoms with E-state index in [1.54, 1.807) is 6.07 Å². The van der Waals surface area contributed by atoms with Crippen LogP contribution in [-0.2, 0) is 19.3 Å². The molecule has 1 aromatic carbocycles. The number of nitrogens with zero attached hydrogens (tertiary/aromatic N) is 1. The molecule has 0 unspecified atom stereocenters. The number of rotatable bonds is 7. The first-order valence-corrected chi connectivity index (χ1v) is 8.33. The van der Waals surface area contributed by atoms with Gasteiger partial charge in [0.2, 0.25) is 0 Å². The van der Waals surface area contributed by atoms with Crippen LogP contribution < -0.4 is 10.1 Å². The zero-order valence-corrected chi connectivity index (χ0v) is 13.5. The number of carbonyl (C=O) groups excluding carboxylic acids is 1. The summed E-state index contributed by atoms with van der Waals surface area (Å²) in [4.78, 5) is 12.0. The lowest BCUT2D eigenvalue weighted by molar-refractivity contribution is 0.0942. The van der Waals surface area contributed by atoms with Gasteiger partial charge in [0.25, 0.3) is 5.91 Å². The van der Waals surface area contributed by atoms with Crippen LogP contribution in [0.2, 0.25) is 0 Å². The third-order valence-corrected chi connectivity index (χ3v) is 4.11. The normalized spacial score (nSPS) is 12.9. The van der Waals surface area contributed by atoms with Gasteiger partial charge in [-0.05, 0) is 55.0 Å². The molecule has 0 saturated heterocycles. The fourth-order valence-corrected chi connectivity index (χ4v) is 2.94. The summed E-state index contributed by atoms with van der Waals surface area (Å²) in [6.07, 6.45) is 5.48. The molecule has 23 heavy (non-hydrogen) atoms. The predicted molar refractivity (Wildman–Crippen MR) is 88.9 cm³/mol. The van der Waals surface area contributed by atoms with Crippen LogP contribution in [0.15, 0.2) is 24.3 Å². The zero-order valence-electron chi connectivity index (χ0n) is 13.5. The van der Waals surface area contributed by atoms with Crippen molar-refractivity contribution < 1.29 is 9.53 Å². The number of aryl methyl sites for hydroxylation is 3. The summed E-state index contributed by atoms with van der Waals surface area (Å²) in [6, 6.07) is 8.08. The van der Waals surface area contributed by atoms with E-state index < -0.39 is 0 Å². The van der Waals surface area contributed by atoms with E-state index in [0.29, 0.717) is 18.8 Å². The number of nitrogens with one attached hydrogen (secondary N) is 2. The lowest BCUT2D eigenvalue weighted by Crippen LogP contribution is -2.28. The van der Waals surface area contributed by atoms with Crippen LogP contribution in [0, 0.1) is 0 Å². The fourth-order valence-electron chi connectivity index (χ4n) is 2.94. The lowest BCUT2D eigenvalue weighted by Gasteiger charge is -2.08. The van der Waals surface area contributed by atoms with E-state index in [9.17, 15) is 4.79 Å². The Morgan fingerprint density at radius 2 is 2.17 bits per heavy atom. The minimum absolute atomic E-state index is 0.166. The number of amides is 1. The number of ether oxygens (including phenoxy) is 1. The van der Waals surface area contributed by atoms with Crippen LogP contribution in [0.3, 0.4) is 0 Å². The predicted octanol–water partition coefficient (Wildman–Crippen LogP) is 2.66. The number of benzene rings is 1. The molecule has 5 nitrogen and oxygen atoms in total. The molecule has 0 bridgehead atoms.